The minimum atomic E-state index is -0.436. The molecule has 26 heavy (non-hydrogen) atoms. The molecule has 2 rings (SSSR count). The number of carbonyl (C=O) groups excluding carboxylic acids is 2. The number of nitrogens with one attached hydrogen (secondary N) is 2. The van der Waals surface area contributed by atoms with Crippen LogP contribution in [-0.4, -0.2) is 35.5 Å². The summed E-state index contributed by atoms with van der Waals surface area (Å²) < 4.78 is 4.99. The van der Waals surface area contributed by atoms with Gasteiger partial charge in [-0.2, -0.15) is 0 Å². The Balaban J connectivity index is 2.45. The van der Waals surface area contributed by atoms with Gasteiger partial charge >= 0.3 is 5.97 Å². The van der Waals surface area contributed by atoms with Gasteiger partial charge in [0.05, 0.1) is 18.7 Å². The smallest absolute Gasteiger partial charge is 0.337 e. The zero-order valence-electron chi connectivity index (χ0n) is 15.8. The van der Waals surface area contributed by atoms with Gasteiger partial charge in [-0.25, -0.2) is 4.79 Å². The third kappa shape index (κ3) is 4.04. The molecule has 6 nitrogen and oxygen atoms in total. The average Bonchev–Trinajstić information content (AvgIpc) is 2.61. The van der Waals surface area contributed by atoms with E-state index >= 15 is 0 Å². The van der Waals surface area contributed by atoms with Crippen LogP contribution in [0.15, 0.2) is 35.5 Å². The van der Waals surface area contributed by atoms with Gasteiger partial charge in [-0.1, -0.05) is 26.0 Å². The second-order valence-corrected chi connectivity index (χ2v) is 6.77. The van der Waals surface area contributed by atoms with Gasteiger partial charge < -0.3 is 20.3 Å². The molecule has 140 valence electrons. The molecule has 0 aromatic heterocycles. The number of anilines is 1. The molecule has 0 fully saturated rings. The average molecular weight is 375 g/mol. The largest absolute Gasteiger partial charge is 0.466 e. The van der Waals surface area contributed by atoms with Crippen molar-refractivity contribution in [3.8, 4) is 0 Å². The molecule has 0 bridgehead atoms. The molecule has 0 radical (unpaired) electrons. The Labute approximate surface area is 159 Å². The van der Waals surface area contributed by atoms with Crippen LogP contribution in [0.1, 0.15) is 39.3 Å². The minimum Gasteiger partial charge on any atom is -0.466 e. The molecule has 7 heteroatoms. The van der Waals surface area contributed by atoms with E-state index in [0.717, 1.165) is 11.3 Å². The summed E-state index contributed by atoms with van der Waals surface area (Å²) in [6.45, 7) is 8.15. The molecule has 1 amide bonds. The third-order valence-corrected chi connectivity index (χ3v) is 4.67. The first-order valence-corrected chi connectivity index (χ1v) is 8.98. The molecule has 0 aliphatic carbocycles. The summed E-state index contributed by atoms with van der Waals surface area (Å²) in [6.07, 6.45) is 0. The van der Waals surface area contributed by atoms with Crippen LogP contribution in [-0.2, 0) is 14.3 Å². The number of esters is 1. The van der Waals surface area contributed by atoms with Gasteiger partial charge in [0.25, 0.3) is 0 Å². The lowest BCUT2D eigenvalue weighted by molar-refractivity contribution is -0.136. The predicted octanol–water partition coefficient (Wildman–Crippen LogP) is 2.98. The Morgan fingerprint density at radius 2 is 2.08 bits per heavy atom. The van der Waals surface area contributed by atoms with E-state index in [1.807, 2.05) is 56.9 Å². The van der Waals surface area contributed by atoms with Crippen LogP contribution >= 0.6 is 12.2 Å². The van der Waals surface area contributed by atoms with E-state index in [2.05, 4.69) is 10.6 Å². The Hall–Kier alpha value is -2.41. The molecule has 1 aromatic rings. The minimum absolute atomic E-state index is 0.0636. The molecule has 0 spiro atoms. The van der Waals surface area contributed by atoms with E-state index < -0.39 is 12.0 Å². The highest BCUT2D eigenvalue weighted by Crippen LogP contribution is 2.32. The molecular weight excluding hydrogens is 350 g/mol. The number of hydrogen-bond acceptors (Lipinski definition) is 4. The second-order valence-electron chi connectivity index (χ2n) is 6.39. The van der Waals surface area contributed by atoms with Crippen molar-refractivity contribution >= 4 is 34.9 Å². The predicted molar refractivity (Wildman–Crippen MR) is 105 cm³/mol. The van der Waals surface area contributed by atoms with Crippen molar-refractivity contribution in [3.63, 3.8) is 0 Å². The summed E-state index contributed by atoms with van der Waals surface area (Å²) in [5.74, 6) is -0.589. The monoisotopic (exact) mass is 375 g/mol. The van der Waals surface area contributed by atoms with Gasteiger partial charge in [0.1, 0.15) is 0 Å². The highest BCUT2D eigenvalue weighted by atomic mass is 32.1. The number of thiocarbonyl (C=S) groups is 1. The van der Waals surface area contributed by atoms with E-state index in [9.17, 15) is 9.59 Å². The molecule has 1 aromatic carbocycles. The Morgan fingerprint density at radius 3 is 2.65 bits per heavy atom. The van der Waals surface area contributed by atoms with Crippen LogP contribution in [0.4, 0.5) is 5.69 Å². The van der Waals surface area contributed by atoms with Gasteiger partial charge in [0, 0.05) is 23.8 Å². The summed E-state index contributed by atoms with van der Waals surface area (Å²) in [5, 5.41) is 6.65. The van der Waals surface area contributed by atoms with Crippen molar-refractivity contribution in [2.24, 2.45) is 5.92 Å². The maximum Gasteiger partial charge on any atom is 0.337 e. The third-order valence-electron chi connectivity index (χ3n) is 4.33. The van der Waals surface area contributed by atoms with Crippen molar-refractivity contribution < 1.29 is 14.3 Å². The number of hydrogen-bond donors (Lipinski definition) is 2. The van der Waals surface area contributed by atoms with Gasteiger partial charge in [0.2, 0.25) is 5.91 Å². The van der Waals surface area contributed by atoms with Crippen LogP contribution in [0.25, 0.3) is 0 Å². The highest BCUT2D eigenvalue weighted by molar-refractivity contribution is 7.80. The summed E-state index contributed by atoms with van der Waals surface area (Å²) >= 11 is 5.45. The first-order chi connectivity index (χ1) is 12.3. The number of allylic oxidation sites excluding steroid dienone is 1. The number of methoxy groups -OCH3 is 1. The number of rotatable bonds is 5. The van der Waals surface area contributed by atoms with E-state index in [0.29, 0.717) is 22.9 Å². The van der Waals surface area contributed by atoms with Crippen molar-refractivity contribution in [2.75, 3.05) is 19.0 Å². The Morgan fingerprint density at radius 1 is 1.38 bits per heavy atom. The fourth-order valence-corrected chi connectivity index (χ4v) is 3.25. The van der Waals surface area contributed by atoms with Crippen molar-refractivity contribution in [1.29, 1.82) is 0 Å². The molecule has 0 saturated heterocycles. The summed E-state index contributed by atoms with van der Waals surface area (Å²) in [5.41, 5.74) is 2.78. The number of ether oxygens (including phenoxy) is 1. The number of amides is 1. The zero-order valence-corrected chi connectivity index (χ0v) is 16.6. The number of nitrogens with zero attached hydrogens (tertiary/aromatic N) is 1. The fraction of sp³-hybridized carbons (Fsp3) is 0.421. The van der Waals surface area contributed by atoms with E-state index in [1.54, 1.807) is 0 Å². The Bertz CT molecular complexity index is 758. The fourth-order valence-electron chi connectivity index (χ4n) is 2.87. The first kappa shape index (κ1) is 19.9. The Kier molecular flexibility index (Phi) is 6.37. The SMILES string of the molecule is CCN1C(=S)NC(c2cccc(NC(=O)C(C)C)c2)C(C(=O)OC)=C1C. The highest BCUT2D eigenvalue weighted by Gasteiger charge is 2.34. The van der Waals surface area contributed by atoms with Crippen molar-refractivity contribution in [1.82, 2.24) is 10.2 Å². The first-order valence-electron chi connectivity index (χ1n) is 8.58. The standard InChI is InChI=1S/C19H25N3O3S/c1-6-22-12(4)15(18(24)25-5)16(21-19(22)26)13-8-7-9-14(10-13)20-17(23)11(2)3/h7-11,16H,6H2,1-5H3,(H,20,23)(H,21,26). The lowest BCUT2D eigenvalue weighted by Crippen LogP contribution is -2.47. The quantitative estimate of drug-likeness (QED) is 0.609. The van der Waals surface area contributed by atoms with E-state index in [4.69, 9.17) is 17.0 Å². The van der Waals surface area contributed by atoms with E-state index in [1.165, 1.54) is 7.11 Å². The van der Waals surface area contributed by atoms with Crippen LogP contribution in [0.5, 0.6) is 0 Å². The summed E-state index contributed by atoms with van der Waals surface area (Å²) in [7, 11) is 1.36. The zero-order chi connectivity index (χ0) is 19.4. The lowest BCUT2D eigenvalue weighted by Gasteiger charge is -2.37. The van der Waals surface area contributed by atoms with E-state index in [-0.39, 0.29) is 11.8 Å². The molecule has 1 atom stereocenters. The number of benzene rings is 1. The van der Waals surface area contributed by atoms with Crippen LogP contribution < -0.4 is 10.6 Å². The lowest BCUT2D eigenvalue weighted by atomic mass is 9.94. The molecule has 0 saturated carbocycles. The molecule has 2 N–H and O–H groups in total. The number of carbonyl (C=O) groups is 2. The topological polar surface area (TPSA) is 70.7 Å². The molecule has 1 aliphatic rings. The summed E-state index contributed by atoms with van der Waals surface area (Å²) in [6, 6.07) is 6.96. The van der Waals surface area contributed by atoms with Gasteiger partial charge in [0.15, 0.2) is 5.11 Å². The molecule has 1 heterocycles. The van der Waals surface area contributed by atoms with Crippen LogP contribution in [0, 0.1) is 5.92 Å². The van der Waals surface area contributed by atoms with Gasteiger partial charge in [-0.3, -0.25) is 4.79 Å². The van der Waals surface area contributed by atoms with Crippen molar-refractivity contribution in [2.45, 2.75) is 33.7 Å². The van der Waals surface area contributed by atoms with Gasteiger partial charge in [-0.05, 0) is 43.8 Å². The van der Waals surface area contributed by atoms with Crippen molar-refractivity contribution in [3.05, 3.63) is 41.1 Å². The molecular formula is C19H25N3O3S. The molecule has 1 aliphatic heterocycles. The van der Waals surface area contributed by atoms with Gasteiger partial charge in [-0.15, -0.1) is 0 Å². The van der Waals surface area contributed by atoms with Crippen LogP contribution in [0.3, 0.4) is 0 Å². The second kappa shape index (κ2) is 8.31. The normalized spacial score (nSPS) is 17.2. The maximum absolute atomic E-state index is 12.4. The molecule has 1 unspecified atom stereocenters. The summed E-state index contributed by atoms with van der Waals surface area (Å²) in [4.78, 5) is 26.3. The maximum atomic E-state index is 12.4. The van der Waals surface area contributed by atoms with Crippen LogP contribution in [0.2, 0.25) is 0 Å².